The summed E-state index contributed by atoms with van der Waals surface area (Å²) in [5.41, 5.74) is 1.04. The quantitative estimate of drug-likeness (QED) is 0.340. The molecule has 0 unspecified atom stereocenters. The van der Waals surface area contributed by atoms with Crippen LogP contribution in [0.15, 0.2) is 39.1 Å². The second-order valence-electron chi connectivity index (χ2n) is 4.66. The van der Waals surface area contributed by atoms with Crippen LogP contribution in [0.3, 0.4) is 0 Å². The average Bonchev–Trinajstić information content (AvgIpc) is 3.00. The monoisotopic (exact) mass is 525 g/mol. The zero-order valence-corrected chi connectivity index (χ0v) is 18.5. The van der Waals surface area contributed by atoms with Gasteiger partial charge in [-0.3, -0.25) is 4.99 Å². The molecule has 0 fully saturated rings. The molecule has 0 bridgehead atoms. The molecule has 1 heterocycles. The predicted octanol–water partition coefficient (Wildman–Crippen LogP) is 4.01. The summed E-state index contributed by atoms with van der Waals surface area (Å²) in [6, 6.07) is 9.89. The molecule has 0 aliphatic heterocycles. The zero-order chi connectivity index (χ0) is 16.7. The van der Waals surface area contributed by atoms with Crippen molar-refractivity contribution >= 4 is 57.2 Å². The Balaban J connectivity index is 0.00000288. The first kappa shape index (κ1) is 21.0. The summed E-state index contributed by atoms with van der Waals surface area (Å²) in [4.78, 5) is 5.47. The number of hydrogen-bond donors (Lipinski definition) is 2. The molecular weight excluding hydrogens is 505 g/mol. The van der Waals surface area contributed by atoms with Crippen LogP contribution < -0.4 is 20.1 Å². The normalized spacial score (nSPS) is 10.8. The number of benzene rings is 1. The molecular formula is C16H21BrIN3O2S. The molecule has 0 saturated carbocycles. The highest BCUT2D eigenvalue weighted by Crippen LogP contribution is 2.24. The summed E-state index contributed by atoms with van der Waals surface area (Å²) < 4.78 is 11.7. The van der Waals surface area contributed by atoms with Crippen LogP contribution in [0.2, 0.25) is 0 Å². The molecule has 2 rings (SSSR count). The third-order valence-corrected chi connectivity index (χ3v) is 4.85. The van der Waals surface area contributed by atoms with Gasteiger partial charge in [-0.25, -0.2) is 0 Å². The molecule has 0 spiro atoms. The maximum absolute atomic E-state index is 5.40. The van der Waals surface area contributed by atoms with Crippen molar-refractivity contribution in [3.8, 4) is 11.5 Å². The van der Waals surface area contributed by atoms with Gasteiger partial charge in [0.15, 0.2) is 5.96 Å². The SMILES string of the molecule is CN=C(NCc1ccc(Br)s1)NCc1ccc(OC)cc1OC.I. The van der Waals surface area contributed by atoms with Gasteiger partial charge in [0, 0.05) is 30.1 Å². The number of methoxy groups -OCH3 is 2. The fourth-order valence-corrected chi connectivity index (χ4v) is 3.44. The molecule has 0 radical (unpaired) electrons. The van der Waals surface area contributed by atoms with E-state index in [9.17, 15) is 0 Å². The molecule has 0 atom stereocenters. The second-order valence-corrected chi connectivity index (χ2v) is 7.21. The summed E-state index contributed by atoms with van der Waals surface area (Å²) in [5.74, 6) is 2.30. The minimum Gasteiger partial charge on any atom is -0.497 e. The van der Waals surface area contributed by atoms with E-state index in [0.29, 0.717) is 6.54 Å². The van der Waals surface area contributed by atoms with E-state index in [-0.39, 0.29) is 24.0 Å². The Bertz CT molecular complexity index is 679. The van der Waals surface area contributed by atoms with Crippen LogP contribution in [-0.4, -0.2) is 27.2 Å². The molecule has 5 nitrogen and oxygen atoms in total. The number of thiophene rings is 1. The van der Waals surface area contributed by atoms with E-state index < -0.39 is 0 Å². The van der Waals surface area contributed by atoms with Crippen molar-refractivity contribution in [1.29, 1.82) is 0 Å². The number of rotatable bonds is 6. The van der Waals surface area contributed by atoms with Gasteiger partial charge < -0.3 is 20.1 Å². The Kier molecular flexibility index (Phi) is 9.45. The van der Waals surface area contributed by atoms with Crippen LogP contribution in [-0.2, 0) is 13.1 Å². The van der Waals surface area contributed by atoms with Gasteiger partial charge in [0.2, 0.25) is 0 Å². The summed E-state index contributed by atoms with van der Waals surface area (Å²) in [7, 11) is 5.05. The lowest BCUT2D eigenvalue weighted by atomic mass is 10.2. The van der Waals surface area contributed by atoms with Gasteiger partial charge in [0.25, 0.3) is 0 Å². The summed E-state index contributed by atoms with van der Waals surface area (Å²) in [5, 5.41) is 6.58. The van der Waals surface area contributed by atoms with Crippen LogP contribution in [0.1, 0.15) is 10.4 Å². The molecule has 132 valence electrons. The van der Waals surface area contributed by atoms with E-state index in [1.807, 2.05) is 24.3 Å². The number of hydrogen-bond acceptors (Lipinski definition) is 4. The Morgan fingerprint density at radius 1 is 1.12 bits per heavy atom. The molecule has 0 aliphatic rings. The molecule has 24 heavy (non-hydrogen) atoms. The molecule has 0 aliphatic carbocycles. The van der Waals surface area contributed by atoms with E-state index in [0.717, 1.165) is 33.4 Å². The molecule has 0 amide bonds. The summed E-state index contributed by atoms with van der Waals surface area (Å²) >= 11 is 5.17. The van der Waals surface area contributed by atoms with E-state index in [2.05, 4.69) is 37.6 Å². The highest BCUT2D eigenvalue weighted by atomic mass is 127. The van der Waals surface area contributed by atoms with E-state index in [1.165, 1.54) is 4.88 Å². The third-order valence-electron chi connectivity index (χ3n) is 3.22. The van der Waals surface area contributed by atoms with E-state index in [1.54, 1.807) is 32.6 Å². The number of nitrogens with zero attached hydrogens (tertiary/aromatic N) is 1. The Labute approximate surface area is 172 Å². The highest BCUT2D eigenvalue weighted by Gasteiger charge is 2.06. The maximum atomic E-state index is 5.40. The van der Waals surface area contributed by atoms with Gasteiger partial charge in [0.1, 0.15) is 11.5 Å². The van der Waals surface area contributed by atoms with Crippen molar-refractivity contribution in [2.75, 3.05) is 21.3 Å². The third kappa shape index (κ3) is 6.14. The van der Waals surface area contributed by atoms with Crippen molar-refractivity contribution in [2.24, 2.45) is 4.99 Å². The lowest BCUT2D eigenvalue weighted by Gasteiger charge is -2.14. The van der Waals surface area contributed by atoms with Gasteiger partial charge in [-0.2, -0.15) is 0 Å². The van der Waals surface area contributed by atoms with Crippen molar-refractivity contribution in [2.45, 2.75) is 13.1 Å². The predicted molar refractivity (Wildman–Crippen MR) is 114 cm³/mol. The number of nitrogens with one attached hydrogen (secondary N) is 2. The van der Waals surface area contributed by atoms with Gasteiger partial charge in [-0.1, -0.05) is 0 Å². The number of aliphatic imine (C=N–C) groups is 1. The molecule has 2 aromatic rings. The first-order valence-electron chi connectivity index (χ1n) is 7.06. The van der Waals surface area contributed by atoms with Crippen LogP contribution in [0.4, 0.5) is 0 Å². The lowest BCUT2D eigenvalue weighted by Crippen LogP contribution is -2.36. The minimum atomic E-state index is 0. The van der Waals surface area contributed by atoms with E-state index in [4.69, 9.17) is 9.47 Å². The largest absolute Gasteiger partial charge is 0.497 e. The minimum absolute atomic E-state index is 0. The van der Waals surface area contributed by atoms with Crippen LogP contribution in [0.25, 0.3) is 0 Å². The van der Waals surface area contributed by atoms with Gasteiger partial charge >= 0.3 is 0 Å². The van der Waals surface area contributed by atoms with Crippen LogP contribution in [0.5, 0.6) is 11.5 Å². The fourth-order valence-electron chi connectivity index (χ4n) is 2.02. The van der Waals surface area contributed by atoms with Gasteiger partial charge in [-0.15, -0.1) is 35.3 Å². The second kappa shape index (κ2) is 10.8. The van der Waals surface area contributed by atoms with Crippen LogP contribution in [0, 0.1) is 0 Å². The molecule has 1 aromatic heterocycles. The van der Waals surface area contributed by atoms with Gasteiger partial charge in [0.05, 0.1) is 24.6 Å². The number of halogens is 2. The number of ether oxygens (including phenoxy) is 2. The molecule has 2 N–H and O–H groups in total. The topological polar surface area (TPSA) is 54.9 Å². The Hall–Kier alpha value is -1.000. The molecule has 8 heteroatoms. The van der Waals surface area contributed by atoms with Crippen molar-refractivity contribution in [1.82, 2.24) is 10.6 Å². The van der Waals surface area contributed by atoms with Crippen molar-refractivity contribution in [3.05, 3.63) is 44.6 Å². The number of guanidine groups is 1. The Morgan fingerprint density at radius 3 is 2.46 bits per heavy atom. The first-order chi connectivity index (χ1) is 11.2. The maximum Gasteiger partial charge on any atom is 0.191 e. The highest BCUT2D eigenvalue weighted by molar-refractivity contribution is 14.0. The van der Waals surface area contributed by atoms with Crippen LogP contribution >= 0.6 is 51.2 Å². The Morgan fingerprint density at radius 2 is 1.88 bits per heavy atom. The molecule has 0 saturated heterocycles. The van der Waals surface area contributed by atoms with Gasteiger partial charge in [-0.05, 0) is 40.2 Å². The van der Waals surface area contributed by atoms with Crippen molar-refractivity contribution < 1.29 is 9.47 Å². The lowest BCUT2D eigenvalue weighted by molar-refractivity contribution is 0.390. The smallest absolute Gasteiger partial charge is 0.191 e. The van der Waals surface area contributed by atoms with Crippen molar-refractivity contribution in [3.63, 3.8) is 0 Å². The first-order valence-corrected chi connectivity index (χ1v) is 8.67. The average molecular weight is 526 g/mol. The zero-order valence-electron chi connectivity index (χ0n) is 13.8. The van der Waals surface area contributed by atoms with E-state index >= 15 is 0 Å². The standard InChI is InChI=1S/C16H20BrN3O2S.HI/c1-18-16(20-10-13-6-7-15(17)23-13)19-9-11-4-5-12(21-2)8-14(11)22-3;/h4-8H,9-10H2,1-3H3,(H2,18,19,20);1H. The fraction of sp³-hybridized carbons (Fsp3) is 0.312. The summed E-state index contributed by atoms with van der Waals surface area (Å²) in [6.07, 6.45) is 0. The molecule has 1 aromatic carbocycles. The summed E-state index contributed by atoms with van der Waals surface area (Å²) in [6.45, 7) is 1.34.